The molecule has 0 radical (unpaired) electrons. The van der Waals surface area contributed by atoms with Crippen LogP contribution >= 0.6 is 0 Å². The molecule has 0 fully saturated rings. The average molecular weight is 332 g/mol. The fourth-order valence-electron chi connectivity index (χ4n) is 2.63. The van der Waals surface area contributed by atoms with Crippen LogP contribution in [0.2, 0.25) is 0 Å². The predicted octanol–water partition coefficient (Wildman–Crippen LogP) is 2.45. The highest BCUT2D eigenvalue weighted by molar-refractivity contribution is 5.81. The fraction of sp³-hybridized carbons (Fsp3) is 0.0588. The van der Waals surface area contributed by atoms with Gasteiger partial charge in [-0.25, -0.2) is 9.50 Å². The number of nitrogens with one attached hydrogen (secondary N) is 2. The molecule has 4 aromatic rings. The monoisotopic (exact) mass is 332 g/mol. The second kappa shape index (κ2) is 5.65. The Hall–Kier alpha value is -3.86. The molecule has 2 aromatic heterocycles. The molecule has 2 heterocycles. The highest BCUT2D eigenvalue weighted by Crippen LogP contribution is 2.20. The van der Waals surface area contributed by atoms with E-state index in [1.54, 1.807) is 40.9 Å². The van der Waals surface area contributed by atoms with E-state index in [1.807, 2.05) is 6.07 Å². The van der Waals surface area contributed by atoms with Crippen molar-refractivity contribution in [3.8, 4) is 6.07 Å². The zero-order valence-corrected chi connectivity index (χ0v) is 12.9. The minimum Gasteiger partial charge on any atom is -0.481 e. The number of rotatable bonds is 4. The number of benzene rings is 2. The molecule has 0 saturated carbocycles. The molecule has 0 bridgehead atoms. The maximum atomic E-state index is 10.7. The fourth-order valence-corrected chi connectivity index (χ4v) is 2.63. The molecule has 3 N–H and O–H groups in total. The number of aromatic amines is 1. The number of anilines is 2. The topological polar surface area (TPSA) is 119 Å². The second-order valence-corrected chi connectivity index (χ2v) is 5.53. The molecular formula is C17H12N6O2. The molecular weight excluding hydrogens is 320 g/mol. The third kappa shape index (κ3) is 2.74. The summed E-state index contributed by atoms with van der Waals surface area (Å²) in [5, 5.41) is 24.0. The van der Waals surface area contributed by atoms with Crippen LogP contribution in [0.4, 0.5) is 11.6 Å². The number of imidazole rings is 1. The lowest BCUT2D eigenvalue weighted by molar-refractivity contribution is -0.136. The van der Waals surface area contributed by atoms with Crippen LogP contribution in [0.1, 0.15) is 11.1 Å². The van der Waals surface area contributed by atoms with E-state index in [-0.39, 0.29) is 6.42 Å². The van der Waals surface area contributed by atoms with Gasteiger partial charge >= 0.3 is 5.97 Å². The number of carboxylic acid groups (broad SMARTS) is 1. The van der Waals surface area contributed by atoms with E-state index in [9.17, 15) is 4.79 Å². The van der Waals surface area contributed by atoms with Crippen molar-refractivity contribution in [1.82, 2.24) is 19.6 Å². The van der Waals surface area contributed by atoms with Crippen molar-refractivity contribution in [2.24, 2.45) is 0 Å². The first kappa shape index (κ1) is 14.7. The summed E-state index contributed by atoms with van der Waals surface area (Å²) in [6.45, 7) is 0. The van der Waals surface area contributed by atoms with Crippen LogP contribution in [0.25, 0.3) is 16.8 Å². The van der Waals surface area contributed by atoms with Gasteiger partial charge in [0.25, 0.3) is 5.78 Å². The Kier molecular flexibility index (Phi) is 3.32. The van der Waals surface area contributed by atoms with Crippen LogP contribution in [0, 0.1) is 11.3 Å². The van der Waals surface area contributed by atoms with Crippen molar-refractivity contribution in [3.05, 3.63) is 53.6 Å². The first-order valence-electron chi connectivity index (χ1n) is 7.48. The van der Waals surface area contributed by atoms with Crippen LogP contribution in [0.3, 0.4) is 0 Å². The van der Waals surface area contributed by atoms with Gasteiger partial charge in [0, 0.05) is 5.69 Å². The lowest BCUT2D eigenvalue weighted by atomic mass is 10.1. The summed E-state index contributed by atoms with van der Waals surface area (Å²) < 4.78 is 1.73. The molecule has 8 heteroatoms. The SMILES string of the molecule is N#Cc1ccc2c(c1)nc1nc(Nc3ccc(CC(=O)O)cc3)[nH]n12. The minimum absolute atomic E-state index is 0.00840. The lowest BCUT2D eigenvalue weighted by Crippen LogP contribution is -2.00. The van der Waals surface area contributed by atoms with E-state index in [1.165, 1.54) is 0 Å². The molecule has 0 spiro atoms. The number of nitriles is 1. The number of fused-ring (bicyclic) bond motifs is 3. The molecule has 0 aliphatic rings. The number of carboxylic acids is 1. The van der Waals surface area contributed by atoms with Gasteiger partial charge in [-0.2, -0.15) is 10.2 Å². The largest absolute Gasteiger partial charge is 0.481 e. The van der Waals surface area contributed by atoms with Crippen LogP contribution in [-0.4, -0.2) is 30.7 Å². The first-order valence-corrected chi connectivity index (χ1v) is 7.48. The van der Waals surface area contributed by atoms with Gasteiger partial charge in [0.1, 0.15) is 0 Å². The molecule has 2 aromatic carbocycles. The van der Waals surface area contributed by atoms with Gasteiger partial charge in [0.15, 0.2) is 0 Å². The number of aromatic nitrogens is 4. The van der Waals surface area contributed by atoms with Crippen molar-refractivity contribution in [3.63, 3.8) is 0 Å². The summed E-state index contributed by atoms with van der Waals surface area (Å²) in [7, 11) is 0. The molecule has 0 amide bonds. The Bertz CT molecular complexity index is 1130. The Morgan fingerprint density at radius 1 is 1.24 bits per heavy atom. The summed E-state index contributed by atoms with van der Waals surface area (Å²) in [4.78, 5) is 19.5. The van der Waals surface area contributed by atoms with Crippen molar-refractivity contribution >= 4 is 34.4 Å². The van der Waals surface area contributed by atoms with Gasteiger partial charge in [0.05, 0.1) is 29.1 Å². The first-order chi connectivity index (χ1) is 12.1. The third-order valence-corrected chi connectivity index (χ3v) is 3.77. The van der Waals surface area contributed by atoms with Crippen molar-refractivity contribution in [2.75, 3.05) is 5.32 Å². The number of carbonyl (C=O) groups is 1. The molecule has 25 heavy (non-hydrogen) atoms. The molecule has 0 saturated heterocycles. The zero-order valence-electron chi connectivity index (χ0n) is 12.9. The number of hydrogen-bond acceptors (Lipinski definition) is 5. The smallest absolute Gasteiger partial charge is 0.307 e. The van der Waals surface area contributed by atoms with Crippen LogP contribution < -0.4 is 5.32 Å². The minimum atomic E-state index is -0.862. The van der Waals surface area contributed by atoms with Gasteiger partial charge in [-0.15, -0.1) is 0 Å². The van der Waals surface area contributed by atoms with Crippen molar-refractivity contribution in [2.45, 2.75) is 6.42 Å². The van der Waals surface area contributed by atoms with E-state index in [0.717, 1.165) is 16.8 Å². The highest BCUT2D eigenvalue weighted by atomic mass is 16.4. The maximum absolute atomic E-state index is 10.7. The van der Waals surface area contributed by atoms with Gasteiger partial charge in [-0.1, -0.05) is 12.1 Å². The van der Waals surface area contributed by atoms with Crippen molar-refractivity contribution in [1.29, 1.82) is 5.26 Å². The quantitative estimate of drug-likeness (QED) is 0.528. The van der Waals surface area contributed by atoms with E-state index in [0.29, 0.717) is 22.8 Å². The van der Waals surface area contributed by atoms with Gasteiger partial charge < -0.3 is 10.4 Å². The van der Waals surface area contributed by atoms with E-state index < -0.39 is 5.97 Å². The molecule has 0 atom stereocenters. The molecule has 122 valence electrons. The van der Waals surface area contributed by atoms with Crippen LogP contribution in [0.5, 0.6) is 0 Å². The standard InChI is InChI=1S/C17H12N6O2/c18-9-11-3-6-14-13(7-11)20-17-21-16(22-23(14)17)19-12-4-1-10(2-5-12)8-15(24)25/h1-7H,8H2,(H,24,25)(H2,19,20,21,22). The van der Waals surface area contributed by atoms with Crippen molar-refractivity contribution < 1.29 is 9.90 Å². The van der Waals surface area contributed by atoms with Crippen LogP contribution in [-0.2, 0) is 11.2 Å². The summed E-state index contributed by atoms with van der Waals surface area (Å²) >= 11 is 0. The van der Waals surface area contributed by atoms with E-state index in [4.69, 9.17) is 10.4 Å². The number of hydrogen-bond donors (Lipinski definition) is 3. The van der Waals surface area contributed by atoms with E-state index >= 15 is 0 Å². The summed E-state index contributed by atoms with van der Waals surface area (Å²) in [6, 6.07) is 14.4. The molecule has 0 unspecified atom stereocenters. The van der Waals surface area contributed by atoms with E-state index in [2.05, 4.69) is 26.5 Å². The molecule has 4 rings (SSSR count). The summed E-state index contributed by atoms with van der Waals surface area (Å²) in [6.07, 6.45) is -0.00840. The zero-order chi connectivity index (χ0) is 17.4. The number of nitrogens with zero attached hydrogens (tertiary/aromatic N) is 4. The number of H-pyrrole nitrogens is 1. The maximum Gasteiger partial charge on any atom is 0.307 e. The molecule has 8 nitrogen and oxygen atoms in total. The van der Waals surface area contributed by atoms with Crippen LogP contribution in [0.15, 0.2) is 42.5 Å². The Morgan fingerprint density at radius 2 is 2.04 bits per heavy atom. The molecule has 0 aliphatic carbocycles. The van der Waals surface area contributed by atoms with Gasteiger partial charge in [0.2, 0.25) is 5.95 Å². The molecule has 0 aliphatic heterocycles. The third-order valence-electron chi connectivity index (χ3n) is 3.77. The summed E-state index contributed by atoms with van der Waals surface area (Å²) in [5.41, 5.74) is 3.58. The Balaban J connectivity index is 1.61. The highest BCUT2D eigenvalue weighted by Gasteiger charge is 2.10. The average Bonchev–Trinajstić information content (AvgIpc) is 3.12. The lowest BCUT2D eigenvalue weighted by Gasteiger charge is -2.03. The van der Waals surface area contributed by atoms with Gasteiger partial charge in [-0.05, 0) is 35.9 Å². The predicted molar refractivity (Wildman–Crippen MR) is 90.6 cm³/mol. The Labute approximate surface area is 141 Å². The normalized spacial score (nSPS) is 10.8. The Morgan fingerprint density at radius 3 is 2.76 bits per heavy atom. The second-order valence-electron chi connectivity index (χ2n) is 5.53. The summed E-state index contributed by atoms with van der Waals surface area (Å²) in [5.74, 6) is 0.147. The van der Waals surface area contributed by atoms with Gasteiger partial charge in [-0.3, -0.25) is 9.89 Å². The number of aliphatic carboxylic acids is 1.